The fourth-order valence-corrected chi connectivity index (χ4v) is 4.94. The molecule has 0 atom stereocenters. The molecule has 182 valence electrons. The van der Waals surface area contributed by atoms with Crippen LogP contribution in [0.25, 0.3) is 39.1 Å². The maximum atomic E-state index is 13.5. The zero-order valence-corrected chi connectivity index (χ0v) is 21.5. The van der Waals surface area contributed by atoms with E-state index in [0.717, 1.165) is 28.0 Å². The van der Waals surface area contributed by atoms with Crippen molar-refractivity contribution in [2.75, 3.05) is 0 Å². The van der Waals surface area contributed by atoms with Crippen LogP contribution in [0.5, 0.6) is 0 Å². The maximum absolute atomic E-state index is 13.5. The highest BCUT2D eigenvalue weighted by Crippen LogP contribution is 2.32. The lowest BCUT2D eigenvalue weighted by Gasteiger charge is -2.12. The van der Waals surface area contributed by atoms with Crippen molar-refractivity contribution in [1.29, 1.82) is 0 Å². The Morgan fingerprint density at radius 2 is 1.73 bits per heavy atom. The van der Waals surface area contributed by atoms with Crippen LogP contribution in [-0.4, -0.2) is 20.4 Å². The van der Waals surface area contributed by atoms with Gasteiger partial charge in [0.25, 0.3) is 5.56 Å². The number of benzene rings is 3. The Balaban J connectivity index is 1.52. The molecule has 0 spiro atoms. The van der Waals surface area contributed by atoms with Gasteiger partial charge in [-0.2, -0.15) is 9.78 Å². The number of aromatic nitrogens is 3. The van der Waals surface area contributed by atoms with E-state index in [0.29, 0.717) is 38.1 Å². The van der Waals surface area contributed by atoms with Crippen molar-refractivity contribution < 1.29 is 4.42 Å². The minimum Gasteiger partial charge on any atom is -0.453 e. The van der Waals surface area contributed by atoms with Gasteiger partial charge >= 0.3 is 0 Å². The third-order valence-electron chi connectivity index (χ3n) is 6.35. The summed E-state index contributed by atoms with van der Waals surface area (Å²) < 4.78 is 9.35. The smallest absolute Gasteiger partial charge is 0.282 e. The zero-order chi connectivity index (χ0) is 25.7. The van der Waals surface area contributed by atoms with Crippen LogP contribution in [0.3, 0.4) is 0 Å². The van der Waals surface area contributed by atoms with Crippen molar-refractivity contribution in [1.82, 2.24) is 14.2 Å². The van der Waals surface area contributed by atoms with Gasteiger partial charge in [0.1, 0.15) is 5.58 Å². The molecule has 0 N–H and O–H groups in total. The summed E-state index contributed by atoms with van der Waals surface area (Å²) in [5.41, 5.74) is 4.44. The van der Waals surface area contributed by atoms with Crippen LogP contribution in [0.2, 0.25) is 10.0 Å². The summed E-state index contributed by atoms with van der Waals surface area (Å²) in [4.78, 5) is 18.3. The summed E-state index contributed by atoms with van der Waals surface area (Å²) in [6.45, 7) is 3.94. The third kappa shape index (κ3) is 3.95. The highest BCUT2D eigenvalue weighted by atomic mass is 35.5. The van der Waals surface area contributed by atoms with E-state index in [2.05, 4.69) is 5.10 Å². The molecule has 0 fully saturated rings. The summed E-state index contributed by atoms with van der Waals surface area (Å²) in [6, 6.07) is 24.2. The van der Waals surface area contributed by atoms with Gasteiger partial charge in [-0.15, -0.1) is 0 Å². The first-order valence-corrected chi connectivity index (χ1v) is 12.4. The van der Waals surface area contributed by atoms with Crippen LogP contribution < -0.4 is 5.56 Å². The van der Waals surface area contributed by atoms with Gasteiger partial charge in [0.15, 0.2) is 5.76 Å². The molecule has 6 rings (SSSR count). The molecule has 0 aliphatic heterocycles. The molecule has 3 aromatic carbocycles. The summed E-state index contributed by atoms with van der Waals surface area (Å²) in [7, 11) is 0. The van der Waals surface area contributed by atoms with E-state index < -0.39 is 0 Å². The highest BCUT2D eigenvalue weighted by molar-refractivity contribution is 6.43. The second-order valence-corrected chi connectivity index (χ2v) is 9.48. The molecule has 0 saturated carbocycles. The summed E-state index contributed by atoms with van der Waals surface area (Å²) >= 11 is 12.8. The lowest BCUT2D eigenvalue weighted by Crippen LogP contribution is -2.20. The SMILES string of the molecule is Cc1cc(C=Nn2c(-c3cc4ccccc4o3)nc3ccccc3c2=O)c(C)n1-c1cccc(Cl)c1Cl. The molecule has 37 heavy (non-hydrogen) atoms. The number of hydrogen-bond donors (Lipinski definition) is 0. The molecule has 0 aliphatic carbocycles. The Morgan fingerprint density at radius 3 is 2.57 bits per heavy atom. The molecule has 0 aliphatic rings. The molecular formula is C29H20Cl2N4O2. The highest BCUT2D eigenvalue weighted by Gasteiger charge is 2.17. The second kappa shape index (κ2) is 9.07. The molecule has 0 amide bonds. The van der Waals surface area contributed by atoms with Gasteiger partial charge in [0, 0.05) is 22.3 Å². The van der Waals surface area contributed by atoms with Gasteiger partial charge in [-0.3, -0.25) is 4.79 Å². The van der Waals surface area contributed by atoms with Gasteiger partial charge in [-0.05, 0) is 56.3 Å². The molecule has 3 aromatic heterocycles. The number of furan rings is 1. The lowest BCUT2D eigenvalue weighted by molar-refractivity contribution is 0.616. The number of aryl methyl sites for hydroxylation is 1. The van der Waals surface area contributed by atoms with E-state index in [1.165, 1.54) is 4.68 Å². The van der Waals surface area contributed by atoms with Crippen molar-refractivity contribution in [3.05, 3.63) is 116 Å². The van der Waals surface area contributed by atoms with Crippen molar-refractivity contribution in [3.63, 3.8) is 0 Å². The number of halogens is 2. The molecule has 8 heteroatoms. The molecule has 6 aromatic rings. The van der Waals surface area contributed by atoms with Crippen LogP contribution in [0.1, 0.15) is 17.0 Å². The van der Waals surface area contributed by atoms with Gasteiger partial charge in [0.2, 0.25) is 5.82 Å². The minimum absolute atomic E-state index is 0.288. The standard InChI is InChI=1S/C29H20Cl2N4O2/c1-17-14-20(18(2)34(17)24-12-7-10-22(30)27(24)31)16-32-35-28(26-15-19-8-3-6-13-25(19)37-26)33-23-11-5-4-9-21(23)29(35)36/h3-16H,1-2H3. The largest absolute Gasteiger partial charge is 0.453 e. The van der Waals surface area contributed by atoms with E-state index in [9.17, 15) is 4.79 Å². The van der Waals surface area contributed by atoms with Crippen molar-refractivity contribution in [2.24, 2.45) is 5.10 Å². The number of fused-ring (bicyclic) bond motifs is 2. The average molecular weight is 527 g/mol. The number of hydrogen-bond acceptors (Lipinski definition) is 4. The van der Waals surface area contributed by atoms with E-state index in [1.54, 1.807) is 24.4 Å². The Bertz CT molecular complexity index is 1880. The Hall–Kier alpha value is -4.13. The van der Waals surface area contributed by atoms with Gasteiger partial charge in [0.05, 0.1) is 32.9 Å². The van der Waals surface area contributed by atoms with Crippen LogP contribution in [-0.2, 0) is 0 Å². The van der Waals surface area contributed by atoms with E-state index in [4.69, 9.17) is 32.6 Å². The first-order chi connectivity index (χ1) is 17.9. The second-order valence-electron chi connectivity index (χ2n) is 8.70. The fourth-order valence-electron chi connectivity index (χ4n) is 4.56. The predicted molar refractivity (Wildman–Crippen MR) is 149 cm³/mol. The van der Waals surface area contributed by atoms with Crippen molar-refractivity contribution in [2.45, 2.75) is 13.8 Å². The summed E-state index contributed by atoms with van der Waals surface area (Å²) in [6.07, 6.45) is 1.65. The molecular weight excluding hydrogens is 507 g/mol. The van der Waals surface area contributed by atoms with E-state index >= 15 is 0 Å². The first kappa shape index (κ1) is 23.3. The van der Waals surface area contributed by atoms with Crippen molar-refractivity contribution in [3.8, 4) is 17.3 Å². The molecule has 0 unspecified atom stereocenters. The van der Waals surface area contributed by atoms with Crippen LogP contribution in [0.4, 0.5) is 0 Å². The van der Waals surface area contributed by atoms with Crippen LogP contribution in [0, 0.1) is 13.8 Å². The van der Waals surface area contributed by atoms with Gasteiger partial charge in [-0.1, -0.05) is 59.6 Å². The maximum Gasteiger partial charge on any atom is 0.282 e. The molecule has 6 nitrogen and oxygen atoms in total. The quantitative estimate of drug-likeness (QED) is 0.224. The number of nitrogens with zero attached hydrogens (tertiary/aromatic N) is 4. The van der Waals surface area contributed by atoms with E-state index in [-0.39, 0.29) is 5.56 Å². The van der Waals surface area contributed by atoms with Gasteiger partial charge < -0.3 is 8.98 Å². The zero-order valence-electron chi connectivity index (χ0n) is 19.9. The van der Waals surface area contributed by atoms with Crippen LogP contribution >= 0.6 is 23.2 Å². The number of para-hydroxylation sites is 2. The van der Waals surface area contributed by atoms with Crippen LogP contribution in [0.15, 0.2) is 93.2 Å². The van der Waals surface area contributed by atoms with E-state index in [1.807, 2.05) is 79.1 Å². The Morgan fingerprint density at radius 1 is 0.946 bits per heavy atom. The predicted octanol–water partition coefficient (Wildman–Crippen LogP) is 7.41. The molecule has 0 saturated heterocycles. The average Bonchev–Trinajstić information content (AvgIpc) is 3.45. The minimum atomic E-state index is -0.288. The molecule has 3 heterocycles. The fraction of sp³-hybridized carbons (Fsp3) is 0.0690. The van der Waals surface area contributed by atoms with Gasteiger partial charge in [-0.25, -0.2) is 4.98 Å². The number of rotatable bonds is 4. The third-order valence-corrected chi connectivity index (χ3v) is 7.16. The topological polar surface area (TPSA) is 65.3 Å². The molecule has 0 bridgehead atoms. The summed E-state index contributed by atoms with van der Waals surface area (Å²) in [5.74, 6) is 0.778. The van der Waals surface area contributed by atoms with Crippen molar-refractivity contribution >= 4 is 51.3 Å². The Labute approximate surface area is 222 Å². The first-order valence-electron chi connectivity index (χ1n) is 11.6. The molecule has 0 radical (unpaired) electrons. The monoisotopic (exact) mass is 526 g/mol. The normalized spacial score (nSPS) is 11.8. The lowest BCUT2D eigenvalue weighted by atomic mass is 10.2. The Kier molecular flexibility index (Phi) is 5.71. The summed E-state index contributed by atoms with van der Waals surface area (Å²) in [5, 5.41) is 6.94.